The molecule has 0 aromatic heterocycles. The molecule has 0 radical (unpaired) electrons. The number of hydrogen-bond donors (Lipinski definition) is 3. The van der Waals surface area contributed by atoms with Gasteiger partial charge in [0.1, 0.15) is 11.6 Å². The van der Waals surface area contributed by atoms with Crippen molar-refractivity contribution >= 4 is 37.3 Å². The Morgan fingerprint density at radius 1 is 1.00 bits per heavy atom. The van der Waals surface area contributed by atoms with E-state index in [2.05, 4.69) is 51.4 Å². The van der Waals surface area contributed by atoms with E-state index in [1.165, 1.54) is 32.6 Å². The third-order valence-corrected chi connectivity index (χ3v) is 11.8. The van der Waals surface area contributed by atoms with Gasteiger partial charge < -0.3 is 15.2 Å². The van der Waals surface area contributed by atoms with Crippen LogP contribution in [0.15, 0.2) is 0 Å². The van der Waals surface area contributed by atoms with Crippen molar-refractivity contribution in [3.05, 3.63) is 0 Å². The number of ketones is 2. The number of fused-ring (bicyclic) bond motifs is 5. The van der Waals surface area contributed by atoms with Gasteiger partial charge in [-0.15, -0.1) is 0 Å². The largest absolute Gasteiger partial charge is 0.393 e. The topological polar surface area (TPSA) is 105 Å². The van der Waals surface area contributed by atoms with Crippen LogP contribution in [0.4, 0.5) is 0 Å². The van der Waals surface area contributed by atoms with Gasteiger partial charge in [0.2, 0.25) is 5.91 Å². The fourth-order valence-corrected chi connectivity index (χ4v) is 9.59. The third-order valence-electron chi connectivity index (χ3n) is 11.8. The maximum absolute atomic E-state index is 12.0. The van der Waals surface area contributed by atoms with Gasteiger partial charge in [0.15, 0.2) is 0 Å². The van der Waals surface area contributed by atoms with Gasteiger partial charge in [-0.3, -0.25) is 14.4 Å². The zero-order valence-corrected chi connectivity index (χ0v) is 27.1. The van der Waals surface area contributed by atoms with Crippen molar-refractivity contribution in [2.24, 2.45) is 46.3 Å². The molecule has 4 saturated carbocycles. The average Bonchev–Trinajstić information content (AvgIpc) is 3.29. The predicted octanol–water partition coefficient (Wildman–Crippen LogP) is 5.20. The summed E-state index contributed by atoms with van der Waals surface area (Å²) in [5, 5.41) is 14.4. The summed E-state index contributed by atoms with van der Waals surface area (Å²) in [6.07, 6.45) is 10.6. The number of aliphatic hydroxyl groups is 1. The quantitative estimate of drug-likeness (QED) is 0.223. The molecule has 0 heterocycles. The monoisotopic (exact) mass is 596 g/mol. The van der Waals surface area contributed by atoms with Crippen molar-refractivity contribution in [3.8, 4) is 0 Å². The summed E-state index contributed by atoms with van der Waals surface area (Å²) in [7, 11) is 4.27. The molecule has 40 heavy (non-hydrogen) atoms. The van der Waals surface area contributed by atoms with Gasteiger partial charge >= 0.3 is 0 Å². The Balaban J connectivity index is 0.00000216. The number of amides is 1. The molecular formula is C31H53N2O5PS. The molecule has 228 valence electrons. The predicted molar refractivity (Wildman–Crippen MR) is 163 cm³/mol. The van der Waals surface area contributed by atoms with Crippen LogP contribution >= 0.6 is 8.02 Å². The molecule has 1 amide bonds. The lowest BCUT2D eigenvalue weighted by molar-refractivity contribution is -0.184. The molecule has 4 fully saturated rings. The first-order valence-corrected chi connectivity index (χ1v) is 17.1. The van der Waals surface area contributed by atoms with Crippen molar-refractivity contribution in [1.29, 1.82) is 0 Å². The van der Waals surface area contributed by atoms with E-state index in [1.807, 2.05) is 0 Å². The number of aliphatic hydroxyl groups excluding tert-OH is 1. The summed E-state index contributed by atoms with van der Waals surface area (Å²) in [5.74, 6) is 3.25. The highest BCUT2D eigenvalue weighted by Crippen LogP contribution is 2.68. The molecule has 10 atom stereocenters. The number of rotatable bonds is 11. The van der Waals surface area contributed by atoms with Crippen molar-refractivity contribution in [2.45, 2.75) is 117 Å². The van der Waals surface area contributed by atoms with Crippen molar-refractivity contribution < 1.29 is 24.3 Å². The minimum absolute atomic E-state index is 0.000140. The lowest BCUT2D eigenvalue weighted by Gasteiger charge is -2.62. The van der Waals surface area contributed by atoms with E-state index in [-0.39, 0.29) is 53.5 Å². The normalized spacial score (nSPS) is 39.0. The van der Waals surface area contributed by atoms with E-state index in [9.17, 15) is 19.5 Å². The minimum Gasteiger partial charge on any atom is -0.393 e. The van der Waals surface area contributed by atoms with E-state index in [0.29, 0.717) is 48.3 Å². The first-order valence-electron chi connectivity index (χ1n) is 15.5. The summed E-state index contributed by atoms with van der Waals surface area (Å²) in [4.78, 5) is 40.9. The molecule has 7 nitrogen and oxygen atoms in total. The van der Waals surface area contributed by atoms with Gasteiger partial charge in [0.25, 0.3) is 0 Å². The van der Waals surface area contributed by atoms with Gasteiger partial charge in [-0.05, 0) is 119 Å². The summed E-state index contributed by atoms with van der Waals surface area (Å²) < 4.78 is 0. The van der Waals surface area contributed by atoms with Crippen LogP contribution in [-0.2, 0) is 31.0 Å². The Hall–Kier alpha value is -0.790. The van der Waals surface area contributed by atoms with Crippen LogP contribution < -0.4 is 10.8 Å². The van der Waals surface area contributed by atoms with Gasteiger partial charge in [-0.25, -0.2) is 0 Å². The Morgan fingerprint density at radius 3 is 2.35 bits per heavy atom. The lowest BCUT2D eigenvalue weighted by atomic mass is 9.43. The smallest absolute Gasteiger partial charge is 0.219 e. The number of nitrogens with one attached hydrogen (secondary N) is 2. The van der Waals surface area contributed by atoms with Crippen LogP contribution in [0.3, 0.4) is 0 Å². The number of hydroxylamine groups is 1. The van der Waals surface area contributed by atoms with Crippen LogP contribution in [-0.4, -0.2) is 48.4 Å². The molecular weight excluding hydrogens is 543 g/mol. The highest BCUT2D eigenvalue weighted by Gasteiger charge is 2.63. The summed E-state index contributed by atoms with van der Waals surface area (Å²) in [6, 6.07) is 0. The van der Waals surface area contributed by atoms with E-state index < -0.39 is 0 Å². The Morgan fingerprint density at radius 2 is 1.68 bits per heavy atom. The maximum Gasteiger partial charge on any atom is 0.219 e. The second-order valence-corrected chi connectivity index (χ2v) is 13.8. The maximum atomic E-state index is 12.0. The van der Waals surface area contributed by atoms with Crippen LogP contribution in [0.1, 0.15) is 105 Å². The molecule has 0 aromatic carbocycles. The third kappa shape index (κ3) is 7.22. The summed E-state index contributed by atoms with van der Waals surface area (Å²) in [6.45, 7) is 8.97. The molecule has 4 aliphatic rings. The standard InChI is InChI=1S/C31H52N2O5.HPS/c1-19(6-11-28(37)32-5)24-9-10-25-29-26(13-15-31(24,25)4)30(3)14-12-23(16-21(30)17-27(29)36)38-33-18-22(35)8-7-20(2)34;1-2/h19,21,23-27,29,33,36H,6-18H2,1-5H3,(H,32,37);1H. The average molecular weight is 597 g/mol. The second kappa shape index (κ2) is 14.6. The lowest BCUT2D eigenvalue weighted by Crippen LogP contribution is -2.59. The minimum atomic E-state index is -0.262. The van der Waals surface area contributed by atoms with E-state index in [4.69, 9.17) is 4.84 Å². The van der Waals surface area contributed by atoms with Gasteiger partial charge in [0, 0.05) is 26.3 Å². The van der Waals surface area contributed by atoms with Crippen molar-refractivity contribution in [1.82, 2.24) is 10.8 Å². The number of Topliss-reactive ketones (excluding diaryl/α,β-unsaturated/α-hetero) is 2. The first-order chi connectivity index (χ1) is 19.0. The highest BCUT2D eigenvalue weighted by molar-refractivity contribution is 7.88. The fraction of sp³-hybridized carbons (Fsp3) is 0.903. The van der Waals surface area contributed by atoms with Gasteiger partial charge in [-0.2, -0.15) is 5.48 Å². The Bertz CT molecular complexity index is 907. The summed E-state index contributed by atoms with van der Waals surface area (Å²) >= 11 is 3.89. The van der Waals surface area contributed by atoms with Gasteiger partial charge in [-0.1, -0.05) is 32.6 Å². The molecule has 0 aromatic rings. The zero-order valence-electron chi connectivity index (χ0n) is 25.3. The number of carbonyl (C=O) groups is 3. The summed E-state index contributed by atoms with van der Waals surface area (Å²) in [5.41, 5.74) is 3.36. The highest BCUT2D eigenvalue weighted by atomic mass is 32.4. The molecule has 0 bridgehead atoms. The van der Waals surface area contributed by atoms with Crippen LogP contribution in [0, 0.1) is 46.3 Å². The van der Waals surface area contributed by atoms with E-state index in [1.54, 1.807) is 7.05 Å². The molecule has 0 aliphatic heterocycles. The Labute approximate surface area is 248 Å². The van der Waals surface area contributed by atoms with Gasteiger partial charge in [0.05, 0.1) is 18.8 Å². The zero-order chi connectivity index (χ0) is 29.7. The molecule has 3 N–H and O–H groups in total. The van der Waals surface area contributed by atoms with E-state index in [0.717, 1.165) is 32.1 Å². The fourth-order valence-electron chi connectivity index (χ4n) is 9.59. The van der Waals surface area contributed by atoms with E-state index >= 15 is 0 Å². The van der Waals surface area contributed by atoms with Crippen LogP contribution in [0.5, 0.6) is 0 Å². The molecule has 4 rings (SSSR count). The molecule has 10 unspecified atom stereocenters. The number of hydrogen-bond acceptors (Lipinski definition) is 7. The molecule has 9 heteroatoms. The SMILES string of the molecule is CNC(=O)CCC(C)C1CCC2C3C(O)CC4CC(ONCC(=O)CCC(C)=O)CCC4(C)C3CCC12C.P=S. The molecule has 4 aliphatic carbocycles. The van der Waals surface area contributed by atoms with Crippen LogP contribution in [0.2, 0.25) is 0 Å². The van der Waals surface area contributed by atoms with Crippen molar-refractivity contribution in [2.75, 3.05) is 13.6 Å². The molecule has 0 spiro atoms. The second-order valence-electron chi connectivity index (χ2n) is 13.8. The first kappa shape index (κ1) is 33.7. The Kier molecular flexibility index (Phi) is 12.3. The van der Waals surface area contributed by atoms with Crippen LogP contribution in [0.25, 0.3) is 0 Å². The van der Waals surface area contributed by atoms with Crippen molar-refractivity contribution in [3.63, 3.8) is 0 Å². The number of carbonyl (C=O) groups excluding carboxylic acids is 3. The molecule has 0 saturated heterocycles.